The van der Waals surface area contributed by atoms with Crippen LogP contribution in [-0.4, -0.2) is 19.3 Å². The number of amides is 1. The van der Waals surface area contributed by atoms with Crippen molar-refractivity contribution in [2.75, 3.05) is 0 Å². The first-order chi connectivity index (χ1) is 13.9. The Kier molecular flexibility index (Phi) is 6.58. The first-order valence-electron chi connectivity index (χ1n) is 8.92. The van der Waals surface area contributed by atoms with Crippen LogP contribution in [0.3, 0.4) is 0 Å². The number of furan rings is 1. The Labute approximate surface area is 169 Å². The van der Waals surface area contributed by atoms with Crippen molar-refractivity contribution in [3.63, 3.8) is 0 Å². The Morgan fingerprint density at radius 2 is 1.90 bits per heavy atom. The van der Waals surface area contributed by atoms with Gasteiger partial charge in [0.25, 0.3) is 0 Å². The van der Waals surface area contributed by atoms with Crippen molar-refractivity contribution >= 4 is 22.0 Å². The average Bonchev–Trinajstić information content (AvgIpc) is 3.24. The number of aryl methyl sites for hydroxylation is 1. The molecule has 0 bridgehead atoms. The van der Waals surface area contributed by atoms with E-state index in [1.54, 1.807) is 36.5 Å². The lowest BCUT2D eigenvalue weighted by Crippen LogP contribution is -2.23. The number of rotatable bonds is 8. The molecule has 0 aliphatic carbocycles. The predicted octanol–water partition coefficient (Wildman–Crippen LogP) is 2.79. The Bertz CT molecular complexity index is 1090. The predicted molar refractivity (Wildman–Crippen MR) is 109 cm³/mol. The molecule has 29 heavy (non-hydrogen) atoms. The number of carbonyl (C=O) groups is 1. The zero-order valence-electron chi connectivity index (χ0n) is 15.8. The lowest BCUT2D eigenvalue weighted by atomic mass is 10.2. The summed E-state index contributed by atoms with van der Waals surface area (Å²) in [6, 6.07) is 13.4. The molecular formula is C21H21N3O4S. The Hall–Kier alpha value is -3.23. The van der Waals surface area contributed by atoms with E-state index in [0.29, 0.717) is 17.9 Å². The highest BCUT2D eigenvalue weighted by Crippen LogP contribution is 2.12. The van der Waals surface area contributed by atoms with E-state index in [4.69, 9.17) is 4.42 Å². The van der Waals surface area contributed by atoms with Crippen molar-refractivity contribution in [3.05, 3.63) is 89.6 Å². The van der Waals surface area contributed by atoms with Crippen LogP contribution in [0.25, 0.3) is 6.08 Å². The van der Waals surface area contributed by atoms with Crippen LogP contribution < -0.4 is 10.0 Å². The van der Waals surface area contributed by atoms with Gasteiger partial charge < -0.3 is 9.73 Å². The van der Waals surface area contributed by atoms with Crippen molar-refractivity contribution in [2.24, 2.45) is 0 Å². The van der Waals surface area contributed by atoms with Crippen LogP contribution in [0.5, 0.6) is 0 Å². The summed E-state index contributed by atoms with van der Waals surface area (Å²) in [6.07, 6.45) is 6.19. The summed E-state index contributed by atoms with van der Waals surface area (Å²) in [4.78, 5) is 16.3. The van der Waals surface area contributed by atoms with E-state index in [-0.39, 0.29) is 17.3 Å². The van der Waals surface area contributed by atoms with Gasteiger partial charge in [-0.05, 0) is 54.5 Å². The number of benzene rings is 1. The fourth-order valence-corrected chi connectivity index (χ4v) is 3.52. The molecule has 0 saturated carbocycles. The van der Waals surface area contributed by atoms with Crippen molar-refractivity contribution in [3.8, 4) is 0 Å². The zero-order valence-corrected chi connectivity index (χ0v) is 16.6. The van der Waals surface area contributed by atoms with Gasteiger partial charge in [-0.1, -0.05) is 18.2 Å². The molecule has 0 fully saturated rings. The fourth-order valence-electron chi connectivity index (χ4n) is 2.53. The van der Waals surface area contributed by atoms with E-state index >= 15 is 0 Å². The molecule has 2 aromatic heterocycles. The lowest BCUT2D eigenvalue weighted by Gasteiger charge is -2.06. The van der Waals surface area contributed by atoms with Crippen LogP contribution in [0, 0.1) is 6.92 Å². The summed E-state index contributed by atoms with van der Waals surface area (Å²) in [5.74, 6) is 0.270. The van der Waals surface area contributed by atoms with Gasteiger partial charge in [0.1, 0.15) is 5.76 Å². The molecule has 3 rings (SSSR count). The summed E-state index contributed by atoms with van der Waals surface area (Å²) in [5, 5.41) is 2.77. The number of hydrogen-bond donors (Lipinski definition) is 2. The molecule has 0 aliphatic rings. The van der Waals surface area contributed by atoms with Gasteiger partial charge >= 0.3 is 0 Å². The lowest BCUT2D eigenvalue weighted by molar-refractivity contribution is -0.116. The fraction of sp³-hybridized carbons (Fsp3) is 0.143. The second kappa shape index (κ2) is 9.31. The van der Waals surface area contributed by atoms with Gasteiger partial charge in [0.05, 0.1) is 29.9 Å². The smallest absolute Gasteiger partial charge is 0.244 e. The van der Waals surface area contributed by atoms with E-state index in [0.717, 1.165) is 11.3 Å². The quantitative estimate of drug-likeness (QED) is 0.555. The molecule has 7 nitrogen and oxygen atoms in total. The van der Waals surface area contributed by atoms with Gasteiger partial charge in [-0.25, -0.2) is 13.1 Å². The number of aromatic nitrogens is 1. The van der Waals surface area contributed by atoms with E-state index in [2.05, 4.69) is 15.0 Å². The van der Waals surface area contributed by atoms with E-state index < -0.39 is 10.0 Å². The minimum absolute atomic E-state index is 0.0763. The van der Waals surface area contributed by atoms with Crippen LogP contribution in [0.1, 0.15) is 22.6 Å². The summed E-state index contributed by atoms with van der Waals surface area (Å²) in [6.45, 7) is 2.35. The van der Waals surface area contributed by atoms with Gasteiger partial charge in [-0.2, -0.15) is 0 Å². The number of nitrogens with zero attached hydrogens (tertiary/aromatic N) is 1. The normalized spacial score (nSPS) is 11.6. The van der Waals surface area contributed by atoms with Crippen molar-refractivity contribution in [1.82, 2.24) is 15.0 Å². The number of carbonyl (C=O) groups excluding carboxylic acids is 1. The van der Waals surface area contributed by atoms with Gasteiger partial charge in [0.2, 0.25) is 15.9 Å². The van der Waals surface area contributed by atoms with Crippen LogP contribution in [0.4, 0.5) is 0 Å². The van der Waals surface area contributed by atoms with Gasteiger partial charge in [0, 0.05) is 12.3 Å². The maximum Gasteiger partial charge on any atom is 0.244 e. The molecule has 2 heterocycles. The van der Waals surface area contributed by atoms with E-state index in [9.17, 15) is 13.2 Å². The zero-order chi connectivity index (χ0) is 20.7. The van der Waals surface area contributed by atoms with Gasteiger partial charge in [0.15, 0.2) is 0 Å². The minimum Gasteiger partial charge on any atom is -0.468 e. The van der Waals surface area contributed by atoms with E-state index in [1.165, 1.54) is 24.5 Å². The minimum atomic E-state index is -3.65. The summed E-state index contributed by atoms with van der Waals surface area (Å²) >= 11 is 0. The Balaban J connectivity index is 1.55. The van der Waals surface area contributed by atoms with Crippen molar-refractivity contribution < 1.29 is 17.6 Å². The second-order valence-electron chi connectivity index (χ2n) is 6.29. The molecule has 8 heteroatoms. The highest BCUT2D eigenvalue weighted by molar-refractivity contribution is 7.89. The monoisotopic (exact) mass is 411 g/mol. The van der Waals surface area contributed by atoms with Crippen molar-refractivity contribution in [1.29, 1.82) is 0 Å². The Morgan fingerprint density at radius 3 is 2.59 bits per heavy atom. The SMILES string of the molecule is Cc1cccnc1CNC(=O)/C=C/c1ccc(S(=O)(=O)NCc2ccco2)cc1. The number of pyridine rings is 1. The molecule has 0 spiro atoms. The number of sulfonamides is 1. The Morgan fingerprint density at radius 1 is 1.10 bits per heavy atom. The van der Waals surface area contributed by atoms with Crippen LogP contribution in [0.2, 0.25) is 0 Å². The van der Waals surface area contributed by atoms with Gasteiger partial charge in [-0.3, -0.25) is 9.78 Å². The maximum absolute atomic E-state index is 12.3. The molecule has 0 saturated heterocycles. The third-order valence-corrected chi connectivity index (χ3v) is 5.60. The maximum atomic E-state index is 12.3. The molecule has 0 atom stereocenters. The molecule has 2 N–H and O–H groups in total. The van der Waals surface area contributed by atoms with Gasteiger partial charge in [-0.15, -0.1) is 0 Å². The van der Waals surface area contributed by atoms with E-state index in [1.807, 2.05) is 19.1 Å². The topological polar surface area (TPSA) is 101 Å². The average molecular weight is 411 g/mol. The van der Waals surface area contributed by atoms with Crippen LogP contribution in [0.15, 0.2) is 76.4 Å². The highest BCUT2D eigenvalue weighted by atomic mass is 32.2. The van der Waals surface area contributed by atoms with Crippen LogP contribution >= 0.6 is 0 Å². The molecule has 0 radical (unpaired) electrons. The molecule has 1 aromatic carbocycles. The molecule has 0 aliphatic heterocycles. The largest absolute Gasteiger partial charge is 0.468 e. The number of hydrogen-bond acceptors (Lipinski definition) is 5. The second-order valence-corrected chi connectivity index (χ2v) is 8.06. The molecule has 0 unspecified atom stereocenters. The summed E-state index contributed by atoms with van der Waals surface area (Å²) in [7, 11) is -3.65. The standard InChI is InChI=1S/C21H21N3O4S/c1-16-4-2-12-22-20(16)15-23-21(25)11-8-17-6-9-19(10-7-17)29(26,27)24-14-18-5-3-13-28-18/h2-13,24H,14-15H2,1H3,(H,23,25)/b11-8+. The highest BCUT2D eigenvalue weighted by Gasteiger charge is 2.14. The first kappa shape index (κ1) is 20.5. The molecular weight excluding hydrogens is 390 g/mol. The third kappa shape index (κ3) is 5.87. The van der Waals surface area contributed by atoms with Crippen LogP contribution in [-0.2, 0) is 27.9 Å². The summed E-state index contributed by atoms with van der Waals surface area (Å²) in [5.41, 5.74) is 2.53. The first-order valence-corrected chi connectivity index (χ1v) is 10.4. The number of nitrogens with one attached hydrogen (secondary N) is 2. The summed E-state index contributed by atoms with van der Waals surface area (Å²) < 4.78 is 32.2. The molecule has 3 aromatic rings. The molecule has 1 amide bonds. The van der Waals surface area contributed by atoms with Crippen molar-refractivity contribution in [2.45, 2.75) is 24.9 Å². The third-order valence-electron chi connectivity index (χ3n) is 4.18. The molecule has 150 valence electrons.